The summed E-state index contributed by atoms with van der Waals surface area (Å²) in [5.74, 6) is 0.965. The number of aromatic nitrogens is 3. The number of amides is 2. The third-order valence-electron chi connectivity index (χ3n) is 6.53. The van der Waals surface area contributed by atoms with Crippen molar-refractivity contribution in [1.29, 1.82) is 0 Å². The molecule has 5 rings (SSSR count). The van der Waals surface area contributed by atoms with Crippen LogP contribution in [0.3, 0.4) is 0 Å². The number of rotatable bonds is 4. The Labute approximate surface area is 200 Å². The van der Waals surface area contributed by atoms with E-state index in [1.807, 2.05) is 41.4 Å². The molecule has 3 heterocycles. The van der Waals surface area contributed by atoms with Crippen LogP contribution in [0.5, 0.6) is 0 Å². The van der Waals surface area contributed by atoms with Gasteiger partial charge in [-0.15, -0.1) is 0 Å². The quantitative estimate of drug-likeness (QED) is 0.486. The number of aryl methyl sites for hydroxylation is 3. The zero-order chi connectivity index (χ0) is 23.7. The molecule has 0 spiro atoms. The summed E-state index contributed by atoms with van der Waals surface area (Å²) in [6, 6.07) is 18.3. The van der Waals surface area contributed by atoms with Crippen molar-refractivity contribution in [2.24, 2.45) is 0 Å². The van der Waals surface area contributed by atoms with Gasteiger partial charge in [0.05, 0.1) is 6.54 Å². The molecule has 0 atom stereocenters. The van der Waals surface area contributed by atoms with Gasteiger partial charge in [-0.2, -0.15) is 0 Å². The summed E-state index contributed by atoms with van der Waals surface area (Å²) >= 11 is 0. The number of nitrogens with one attached hydrogen (secondary N) is 1. The third-order valence-corrected chi connectivity index (χ3v) is 6.53. The molecule has 7 heteroatoms. The van der Waals surface area contributed by atoms with E-state index in [1.165, 1.54) is 16.7 Å². The van der Waals surface area contributed by atoms with E-state index in [9.17, 15) is 4.79 Å². The Morgan fingerprint density at radius 3 is 2.53 bits per heavy atom. The molecule has 2 amide bonds. The summed E-state index contributed by atoms with van der Waals surface area (Å²) in [4.78, 5) is 26.5. The summed E-state index contributed by atoms with van der Waals surface area (Å²) in [7, 11) is 0. The lowest BCUT2D eigenvalue weighted by molar-refractivity contribution is 0.140. The van der Waals surface area contributed by atoms with Gasteiger partial charge in [-0.05, 0) is 73.9 Å². The molecule has 1 aliphatic heterocycles. The Morgan fingerprint density at radius 2 is 1.76 bits per heavy atom. The zero-order valence-corrected chi connectivity index (χ0v) is 20.0. The van der Waals surface area contributed by atoms with Crippen LogP contribution in [-0.2, 0) is 6.54 Å². The largest absolute Gasteiger partial charge is 0.322 e. The predicted molar refractivity (Wildman–Crippen MR) is 135 cm³/mol. The van der Waals surface area contributed by atoms with Gasteiger partial charge in [0.25, 0.3) is 0 Å². The van der Waals surface area contributed by atoms with Crippen molar-refractivity contribution in [3.63, 3.8) is 0 Å². The molecular weight excluding hydrogens is 424 g/mol. The number of piperazine rings is 1. The van der Waals surface area contributed by atoms with Crippen molar-refractivity contribution >= 4 is 22.9 Å². The first-order valence-electron chi connectivity index (χ1n) is 11.7. The SMILES string of the molecule is Cc1cccc(-n2c(CN3CCN(C(=O)Nc4ccc(C)c(C)c4)CC3)nc3cccnc32)c1. The first kappa shape index (κ1) is 22.1. The fourth-order valence-electron chi connectivity index (χ4n) is 4.43. The maximum atomic E-state index is 12.8. The van der Waals surface area contributed by atoms with Gasteiger partial charge in [-0.1, -0.05) is 18.2 Å². The fourth-order valence-corrected chi connectivity index (χ4v) is 4.43. The minimum Gasteiger partial charge on any atom is -0.322 e. The highest BCUT2D eigenvalue weighted by Crippen LogP contribution is 2.22. The second kappa shape index (κ2) is 9.27. The van der Waals surface area contributed by atoms with Crippen LogP contribution in [-0.4, -0.2) is 56.5 Å². The Morgan fingerprint density at radius 1 is 0.941 bits per heavy atom. The Bertz CT molecular complexity index is 1340. The number of anilines is 1. The van der Waals surface area contributed by atoms with Crippen molar-refractivity contribution in [2.45, 2.75) is 27.3 Å². The van der Waals surface area contributed by atoms with Crippen LogP contribution in [0.2, 0.25) is 0 Å². The average molecular weight is 455 g/mol. The van der Waals surface area contributed by atoms with Crippen molar-refractivity contribution < 1.29 is 4.79 Å². The molecule has 174 valence electrons. The highest BCUT2D eigenvalue weighted by atomic mass is 16.2. The summed E-state index contributed by atoms with van der Waals surface area (Å²) in [5, 5.41) is 3.04. The fraction of sp³-hybridized carbons (Fsp3) is 0.296. The average Bonchev–Trinajstić information content (AvgIpc) is 3.19. The maximum absolute atomic E-state index is 12.8. The van der Waals surface area contributed by atoms with E-state index in [1.54, 1.807) is 0 Å². The standard InChI is InChI=1S/C27H30N6O/c1-19-6-4-7-23(16-19)33-25(30-24-8-5-11-28-26(24)33)18-31-12-14-32(15-13-31)27(34)29-22-10-9-20(2)21(3)17-22/h4-11,16-17H,12-15,18H2,1-3H3,(H,29,34). The van der Waals surface area contributed by atoms with E-state index in [-0.39, 0.29) is 6.03 Å². The zero-order valence-electron chi connectivity index (χ0n) is 20.0. The van der Waals surface area contributed by atoms with E-state index in [0.29, 0.717) is 19.6 Å². The highest BCUT2D eigenvalue weighted by Gasteiger charge is 2.23. The Balaban J connectivity index is 1.28. The molecule has 1 fully saturated rings. The number of imidazole rings is 1. The third kappa shape index (κ3) is 4.52. The lowest BCUT2D eigenvalue weighted by Gasteiger charge is -2.34. The van der Waals surface area contributed by atoms with Gasteiger partial charge in [0.2, 0.25) is 0 Å². The molecule has 0 saturated carbocycles. The normalized spacial score (nSPS) is 14.5. The Hall–Kier alpha value is -3.71. The number of urea groups is 1. The van der Waals surface area contributed by atoms with Crippen molar-refractivity contribution in [3.05, 3.63) is 83.3 Å². The van der Waals surface area contributed by atoms with Gasteiger partial charge in [0.15, 0.2) is 5.65 Å². The highest BCUT2D eigenvalue weighted by molar-refractivity contribution is 5.89. The van der Waals surface area contributed by atoms with E-state index < -0.39 is 0 Å². The van der Waals surface area contributed by atoms with Gasteiger partial charge in [-0.3, -0.25) is 9.47 Å². The minimum absolute atomic E-state index is 0.0425. The molecule has 0 aliphatic carbocycles. The number of pyridine rings is 1. The summed E-state index contributed by atoms with van der Waals surface area (Å²) in [6.07, 6.45) is 1.81. The minimum atomic E-state index is -0.0425. The van der Waals surface area contributed by atoms with Crippen LogP contribution >= 0.6 is 0 Å². The lowest BCUT2D eigenvalue weighted by Crippen LogP contribution is -2.49. The lowest BCUT2D eigenvalue weighted by atomic mass is 10.1. The molecule has 2 aromatic carbocycles. The summed E-state index contributed by atoms with van der Waals surface area (Å²) in [6.45, 7) is 9.89. The van der Waals surface area contributed by atoms with Crippen LogP contribution in [0.1, 0.15) is 22.5 Å². The van der Waals surface area contributed by atoms with Crippen molar-refractivity contribution in [2.75, 3.05) is 31.5 Å². The molecule has 7 nitrogen and oxygen atoms in total. The van der Waals surface area contributed by atoms with E-state index >= 15 is 0 Å². The number of hydrogen-bond acceptors (Lipinski definition) is 4. The van der Waals surface area contributed by atoms with E-state index in [0.717, 1.165) is 41.5 Å². The number of benzene rings is 2. The summed E-state index contributed by atoms with van der Waals surface area (Å²) in [5.41, 5.74) is 7.27. The summed E-state index contributed by atoms with van der Waals surface area (Å²) < 4.78 is 2.15. The first-order chi connectivity index (χ1) is 16.5. The molecule has 0 radical (unpaired) electrons. The van der Waals surface area contributed by atoms with Crippen LogP contribution in [0.15, 0.2) is 60.8 Å². The van der Waals surface area contributed by atoms with Crippen molar-refractivity contribution in [3.8, 4) is 5.69 Å². The first-order valence-corrected chi connectivity index (χ1v) is 11.7. The number of carbonyl (C=O) groups is 1. The van der Waals surface area contributed by atoms with Gasteiger partial charge >= 0.3 is 6.03 Å². The molecule has 1 aliphatic rings. The molecule has 2 aromatic heterocycles. The van der Waals surface area contributed by atoms with Gasteiger partial charge in [0.1, 0.15) is 11.3 Å². The molecule has 0 unspecified atom stereocenters. The van der Waals surface area contributed by atoms with Crippen LogP contribution in [0.25, 0.3) is 16.9 Å². The maximum Gasteiger partial charge on any atom is 0.321 e. The van der Waals surface area contributed by atoms with Crippen molar-refractivity contribution in [1.82, 2.24) is 24.3 Å². The smallest absolute Gasteiger partial charge is 0.321 e. The molecule has 4 aromatic rings. The number of carbonyl (C=O) groups excluding carboxylic acids is 1. The van der Waals surface area contributed by atoms with Gasteiger partial charge in [-0.25, -0.2) is 14.8 Å². The van der Waals surface area contributed by atoms with E-state index in [4.69, 9.17) is 4.98 Å². The molecular formula is C27H30N6O. The second-order valence-electron chi connectivity index (χ2n) is 9.04. The topological polar surface area (TPSA) is 66.3 Å². The second-order valence-corrected chi connectivity index (χ2v) is 9.04. The van der Waals surface area contributed by atoms with Gasteiger partial charge < -0.3 is 10.2 Å². The van der Waals surface area contributed by atoms with E-state index in [2.05, 4.69) is 64.8 Å². The molecule has 34 heavy (non-hydrogen) atoms. The Kier molecular flexibility index (Phi) is 6.02. The van der Waals surface area contributed by atoms with Crippen LogP contribution < -0.4 is 5.32 Å². The monoisotopic (exact) mass is 454 g/mol. The number of hydrogen-bond donors (Lipinski definition) is 1. The van der Waals surface area contributed by atoms with Crippen LogP contribution in [0.4, 0.5) is 10.5 Å². The van der Waals surface area contributed by atoms with Crippen LogP contribution in [0, 0.1) is 20.8 Å². The number of fused-ring (bicyclic) bond motifs is 1. The molecule has 1 saturated heterocycles. The molecule has 0 bridgehead atoms. The predicted octanol–water partition coefficient (Wildman–Crippen LogP) is 4.70. The molecule has 1 N–H and O–H groups in total. The van der Waals surface area contributed by atoms with Gasteiger partial charge in [0, 0.05) is 43.8 Å². The number of nitrogens with zero attached hydrogens (tertiary/aromatic N) is 5.